The smallest absolute Gasteiger partial charge is 0.0849 e. The summed E-state index contributed by atoms with van der Waals surface area (Å²) in [6, 6.07) is 24.4. The summed E-state index contributed by atoms with van der Waals surface area (Å²) < 4.78 is 23.9. The van der Waals surface area contributed by atoms with E-state index in [1.807, 2.05) is 78.9 Å². The average Bonchev–Trinajstić information content (AvgIpc) is 2.63. The van der Waals surface area contributed by atoms with Crippen molar-refractivity contribution < 1.29 is 8.42 Å². The molecule has 1 N–H and O–H groups in total. The van der Waals surface area contributed by atoms with Crippen LogP contribution in [0.1, 0.15) is 0 Å². The Morgan fingerprint density at radius 2 is 1.08 bits per heavy atom. The predicted octanol–water partition coefficient (Wildman–Crippen LogP) is 4.33. The molecule has 2 atom stereocenters. The van der Waals surface area contributed by atoms with Gasteiger partial charge in [0, 0.05) is 43.1 Å². The van der Waals surface area contributed by atoms with Crippen LogP contribution in [-0.4, -0.2) is 14.7 Å². The summed E-state index contributed by atoms with van der Waals surface area (Å²) in [5.41, 5.74) is 1.83. The summed E-state index contributed by atoms with van der Waals surface area (Å²) in [5, 5.41) is 3.28. The van der Waals surface area contributed by atoms with Gasteiger partial charge in [-0.25, -0.2) is 4.21 Å². The average molecular weight is 355 g/mol. The van der Waals surface area contributed by atoms with Crippen molar-refractivity contribution in [2.75, 3.05) is 11.6 Å². The summed E-state index contributed by atoms with van der Waals surface area (Å²) in [6.45, 7) is 0. The molecule has 5 heteroatoms. The van der Waals surface area contributed by atoms with E-state index in [0.717, 1.165) is 26.1 Å². The highest BCUT2D eigenvalue weighted by molar-refractivity contribution is 7.85. The Morgan fingerprint density at radius 3 is 1.58 bits per heavy atom. The van der Waals surface area contributed by atoms with Gasteiger partial charge in [-0.3, -0.25) is 4.21 Å². The zero-order valence-corrected chi connectivity index (χ0v) is 14.8. The molecule has 2 unspecified atom stereocenters. The van der Waals surface area contributed by atoms with Crippen LogP contribution in [0.15, 0.2) is 93.5 Å². The SMILES string of the molecule is CS(=O)c1ccc(Nc2ccc(S(=O)c3ccccc3)cc2)cc1. The van der Waals surface area contributed by atoms with Crippen molar-refractivity contribution in [1.29, 1.82) is 0 Å². The Balaban J connectivity index is 1.72. The number of nitrogens with one attached hydrogen (secondary N) is 1. The lowest BCUT2D eigenvalue weighted by atomic mass is 10.3. The van der Waals surface area contributed by atoms with Crippen molar-refractivity contribution in [2.45, 2.75) is 14.7 Å². The van der Waals surface area contributed by atoms with Gasteiger partial charge in [0.05, 0.1) is 10.8 Å². The van der Waals surface area contributed by atoms with Crippen molar-refractivity contribution in [2.24, 2.45) is 0 Å². The minimum atomic E-state index is -1.17. The van der Waals surface area contributed by atoms with E-state index < -0.39 is 21.6 Å². The molecule has 0 amide bonds. The molecule has 3 nitrogen and oxygen atoms in total. The molecule has 0 radical (unpaired) electrons. The Hall–Kier alpha value is -2.24. The van der Waals surface area contributed by atoms with Crippen LogP contribution in [0.25, 0.3) is 0 Å². The number of anilines is 2. The van der Waals surface area contributed by atoms with Crippen LogP contribution in [0.4, 0.5) is 11.4 Å². The molecule has 0 saturated heterocycles. The van der Waals surface area contributed by atoms with Gasteiger partial charge in [0.1, 0.15) is 0 Å². The van der Waals surface area contributed by atoms with Gasteiger partial charge >= 0.3 is 0 Å². The molecular weight excluding hydrogens is 338 g/mol. The van der Waals surface area contributed by atoms with Gasteiger partial charge < -0.3 is 5.32 Å². The van der Waals surface area contributed by atoms with Gasteiger partial charge in [0.25, 0.3) is 0 Å². The van der Waals surface area contributed by atoms with Crippen molar-refractivity contribution in [3.8, 4) is 0 Å². The van der Waals surface area contributed by atoms with E-state index in [9.17, 15) is 8.42 Å². The molecule has 24 heavy (non-hydrogen) atoms. The molecule has 0 saturated carbocycles. The highest BCUT2D eigenvalue weighted by atomic mass is 32.2. The molecule has 122 valence electrons. The molecule has 3 rings (SSSR count). The first-order valence-electron chi connectivity index (χ1n) is 7.41. The molecule has 0 heterocycles. The third-order valence-electron chi connectivity index (χ3n) is 3.50. The molecule has 0 aromatic heterocycles. The zero-order valence-electron chi connectivity index (χ0n) is 13.1. The lowest BCUT2D eigenvalue weighted by molar-refractivity contribution is 0.683. The van der Waals surface area contributed by atoms with Crippen LogP contribution in [0.3, 0.4) is 0 Å². The van der Waals surface area contributed by atoms with Crippen LogP contribution in [-0.2, 0) is 21.6 Å². The maximum Gasteiger partial charge on any atom is 0.0849 e. The standard InChI is InChI=1S/C19H17NO2S2/c1-23(21)17-11-7-15(8-12-17)20-16-9-13-19(14-10-16)24(22)18-5-3-2-4-6-18/h2-14,20H,1H3. The monoisotopic (exact) mass is 355 g/mol. The molecule has 0 aliphatic heterocycles. The number of hydrogen-bond acceptors (Lipinski definition) is 3. The van der Waals surface area contributed by atoms with E-state index in [2.05, 4.69) is 5.32 Å². The Kier molecular flexibility index (Phi) is 5.23. The molecule has 0 aliphatic rings. The summed E-state index contributed by atoms with van der Waals surface area (Å²) in [6.07, 6.45) is 1.66. The summed E-state index contributed by atoms with van der Waals surface area (Å²) in [5.74, 6) is 0. The number of hydrogen-bond donors (Lipinski definition) is 1. The highest BCUT2D eigenvalue weighted by Crippen LogP contribution is 2.21. The summed E-state index contributed by atoms with van der Waals surface area (Å²) in [7, 11) is -2.14. The highest BCUT2D eigenvalue weighted by Gasteiger charge is 2.06. The van der Waals surface area contributed by atoms with Crippen LogP contribution in [0, 0.1) is 0 Å². The molecule has 0 spiro atoms. The van der Waals surface area contributed by atoms with Crippen molar-refractivity contribution in [3.63, 3.8) is 0 Å². The third-order valence-corrected chi connectivity index (χ3v) is 5.84. The Morgan fingerprint density at radius 1 is 0.625 bits per heavy atom. The number of rotatable bonds is 5. The molecular formula is C19H17NO2S2. The van der Waals surface area contributed by atoms with Crippen LogP contribution in [0.2, 0.25) is 0 Å². The molecule has 0 bridgehead atoms. The van der Waals surface area contributed by atoms with E-state index >= 15 is 0 Å². The van der Waals surface area contributed by atoms with E-state index in [4.69, 9.17) is 0 Å². The Bertz CT molecular complexity index is 860. The van der Waals surface area contributed by atoms with Crippen LogP contribution in [0.5, 0.6) is 0 Å². The van der Waals surface area contributed by atoms with Crippen molar-refractivity contribution in [1.82, 2.24) is 0 Å². The normalized spacial score (nSPS) is 13.2. The first kappa shape index (κ1) is 16.6. The first-order chi connectivity index (χ1) is 11.6. The fourth-order valence-corrected chi connectivity index (χ4v) is 3.82. The van der Waals surface area contributed by atoms with Crippen LogP contribution >= 0.6 is 0 Å². The molecule has 0 fully saturated rings. The van der Waals surface area contributed by atoms with Gasteiger partial charge in [0.15, 0.2) is 0 Å². The third kappa shape index (κ3) is 3.99. The second kappa shape index (κ2) is 7.55. The summed E-state index contributed by atoms with van der Waals surface area (Å²) >= 11 is 0. The fourth-order valence-electron chi connectivity index (χ4n) is 2.24. The Labute approximate surface area is 146 Å². The van der Waals surface area contributed by atoms with Gasteiger partial charge in [-0.15, -0.1) is 0 Å². The van der Waals surface area contributed by atoms with Crippen molar-refractivity contribution in [3.05, 3.63) is 78.9 Å². The van der Waals surface area contributed by atoms with E-state index in [-0.39, 0.29) is 0 Å². The lowest BCUT2D eigenvalue weighted by Crippen LogP contribution is -1.95. The van der Waals surface area contributed by atoms with Crippen molar-refractivity contribution >= 4 is 33.0 Å². The van der Waals surface area contributed by atoms with Gasteiger partial charge in [-0.1, -0.05) is 18.2 Å². The minimum absolute atomic E-state index is 0.767. The van der Waals surface area contributed by atoms with E-state index in [1.165, 1.54) is 0 Å². The second-order valence-electron chi connectivity index (χ2n) is 5.21. The maximum absolute atomic E-state index is 12.5. The fraction of sp³-hybridized carbons (Fsp3) is 0.0526. The quantitative estimate of drug-likeness (QED) is 0.741. The minimum Gasteiger partial charge on any atom is -0.356 e. The predicted molar refractivity (Wildman–Crippen MR) is 99.6 cm³/mol. The molecule has 3 aromatic rings. The van der Waals surface area contributed by atoms with E-state index in [0.29, 0.717) is 0 Å². The van der Waals surface area contributed by atoms with Crippen LogP contribution < -0.4 is 5.32 Å². The second-order valence-corrected chi connectivity index (χ2v) is 8.07. The zero-order chi connectivity index (χ0) is 16.9. The lowest BCUT2D eigenvalue weighted by Gasteiger charge is -2.08. The maximum atomic E-state index is 12.5. The largest absolute Gasteiger partial charge is 0.356 e. The molecule has 3 aromatic carbocycles. The topological polar surface area (TPSA) is 46.2 Å². The van der Waals surface area contributed by atoms with Gasteiger partial charge in [-0.2, -0.15) is 0 Å². The number of benzene rings is 3. The van der Waals surface area contributed by atoms with Gasteiger partial charge in [-0.05, 0) is 60.7 Å². The molecule has 0 aliphatic carbocycles. The first-order valence-corrected chi connectivity index (χ1v) is 10.1. The van der Waals surface area contributed by atoms with Gasteiger partial charge in [0.2, 0.25) is 0 Å². The summed E-state index contributed by atoms with van der Waals surface area (Å²) in [4.78, 5) is 2.36. The van der Waals surface area contributed by atoms with E-state index in [1.54, 1.807) is 6.26 Å².